The molecule has 3 aliphatic heterocycles. The molecule has 3 saturated heterocycles. The number of ether oxygens (including phenoxy) is 2. The summed E-state index contributed by atoms with van der Waals surface area (Å²) in [6, 6.07) is 3.31. The molecule has 26 heavy (non-hydrogen) atoms. The zero-order valence-corrected chi connectivity index (χ0v) is 15.0. The number of aromatic nitrogens is 1. The minimum absolute atomic E-state index is 0.0621. The lowest BCUT2D eigenvalue weighted by atomic mass is 10.0. The van der Waals surface area contributed by atoms with Crippen LogP contribution in [-0.4, -0.2) is 71.8 Å². The van der Waals surface area contributed by atoms with Crippen LogP contribution >= 0.6 is 0 Å². The van der Waals surface area contributed by atoms with Crippen molar-refractivity contribution in [2.45, 2.75) is 37.9 Å². The summed E-state index contributed by atoms with van der Waals surface area (Å²) in [6.45, 7) is 3.98. The first-order chi connectivity index (χ1) is 12.7. The second-order valence-corrected chi connectivity index (χ2v) is 7.18. The first-order valence-electron chi connectivity index (χ1n) is 9.49. The van der Waals surface area contributed by atoms with Gasteiger partial charge in [0.15, 0.2) is 5.79 Å². The van der Waals surface area contributed by atoms with Gasteiger partial charge < -0.3 is 19.3 Å². The van der Waals surface area contributed by atoms with Gasteiger partial charge in [-0.3, -0.25) is 14.6 Å². The molecule has 4 rings (SSSR count). The molecule has 2 amide bonds. The Balaban J connectivity index is 1.42. The summed E-state index contributed by atoms with van der Waals surface area (Å²) in [7, 11) is 0. The predicted molar refractivity (Wildman–Crippen MR) is 93.8 cm³/mol. The number of likely N-dealkylation sites (tertiary alicyclic amines) is 2. The fourth-order valence-corrected chi connectivity index (χ4v) is 3.96. The summed E-state index contributed by atoms with van der Waals surface area (Å²) < 4.78 is 11.4. The fraction of sp³-hybridized carbons (Fsp3) is 0.632. The molecule has 3 fully saturated rings. The Morgan fingerprint density at radius 1 is 0.923 bits per heavy atom. The second kappa shape index (κ2) is 7.32. The standard InChI is InChI=1S/C19H25N3O4/c23-17(22-10-5-19(6-11-22)25-12-13-26-19)15-4-7-20-16(14-15)18(24)21-8-2-1-3-9-21/h4,7,14H,1-3,5-6,8-13H2. The molecule has 1 spiro atoms. The molecule has 1 aromatic heterocycles. The summed E-state index contributed by atoms with van der Waals surface area (Å²) >= 11 is 0. The van der Waals surface area contributed by atoms with Crippen LogP contribution in [0.1, 0.15) is 53.0 Å². The molecule has 7 nitrogen and oxygen atoms in total. The highest BCUT2D eigenvalue weighted by molar-refractivity contribution is 5.98. The maximum absolute atomic E-state index is 12.8. The average molecular weight is 359 g/mol. The molecule has 140 valence electrons. The van der Waals surface area contributed by atoms with Crippen LogP contribution in [0.4, 0.5) is 0 Å². The smallest absolute Gasteiger partial charge is 0.272 e. The van der Waals surface area contributed by atoms with E-state index < -0.39 is 5.79 Å². The molecule has 0 atom stereocenters. The van der Waals surface area contributed by atoms with Gasteiger partial charge in [-0.2, -0.15) is 0 Å². The number of nitrogens with zero attached hydrogens (tertiary/aromatic N) is 3. The van der Waals surface area contributed by atoms with Crippen LogP contribution in [0.25, 0.3) is 0 Å². The lowest BCUT2D eigenvalue weighted by molar-refractivity contribution is -0.181. The molecular formula is C19H25N3O4. The summed E-state index contributed by atoms with van der Waals surface area (Å²) in [5.41, 5.74) is 0.873. The van der Waals surface area contributed by atoms with Gasteiger partial charge in [0.05, 0.1) is 13.2 Å². The van der Waals surface area contributed by atoms with Gasteiger partial charge in [-0.15, -0.1) is 0 Å². The van der Waals surface area contributed by atoms with Crippen LogP contribution in [0.2, 0.25) is 0 Å². The van der Waals surface area contributed by atoms with E-state index in [2.05, 4.69) is 4.98 Å². The van der Waals surface area contributed by atoms with E-state index in [0.29, 0.717) is 50.4 Å². The highest BCUT2D eigenvalue weighted by Gasteiger charge is 2.40. The molecule has 0 bridgehead atoms. The van der Waals surface area contributed by atoms with Crippen molar-refractivity contribution >= 4 is 11.8 Å². The van der Waals surface area contributed by atoms with Crippen molar-refractivity contribution in [2.75, 3.05) is 39.4 Å². The van der Waals surface area contributed by atoms with Gasteiger partial charge in [-0.1, -0.05) is 0 Å². The van der Waals surface area contributed by atoms with E-state index >= 15 is 0 Å². The van der Waals surface area contributed by atoms with Gasteiger partial charge in [-0.25, -0.2) is 0 Å². The van der Waals surface area contributed by atoms with Crippen molar-refractivity contribution in [1.82, 2.24) is 14.8 Å². The third kappa shape index (κ3) is 3.46. The number of amides is 2. The number of pyridine rings is 1. The molecule has 1 aromatic rings. The monoisotopic (exact) mass is 359 g/mol. The maximum Gasteiger partial charge on any atom is 0.272 e. The Morgan fingerprint density at radius 2 is 1.58 bits per heavy atom. The summed E-state index contributed by atoms with van der Waals surface area (Å²) in [5, 5.41) is 0. The molecular weight excluding hydrogens is 334 g/mol. The zero-order valence-electron chi connectivity index (χ0n) is 15.0. The topological polar surface area (TPSA) is 72.0 Å². The van der Waals surface area contributed by atoms with Crippen LogP contribution in [0.15, 0.2) is 18.3 Å². The number of hydrogen-bond acceptors (Lipinski definition) is 5. The fourth-order valence-electron chi connectivity index (χ4n) is 3.96. The molecule has 0 saturated carbocycles. The van der Waals surface area contributed by atoms with Gasteiger partial charge >= 0.3 is 0 Å². The molecule has 0 aliphatic carbocycles. The summed E-state index contributed by atoms with van der Waals surface area (Å²) in [4.78, 5) is 33.3. The van der Waals surface area contributed by atoms with E-state index in [-0.39, 0.29) is 11.8 Å². The first kappa shape index (κ1) is 17.4. The van der Waals surface area contributed by atoms with Crippen molar-refractivity contribution in [1.29, 1.82) is 0 Å². The molecule has 7 heteroatoms. The van der Waals surface area contributed by atoms with Crippen LogP contribution < -0.4 is 0 Å². The predicted octanol–water partition coefficient (Wildman–Crippen LogP) is 1.69. The molecule has 0 unspecified atom stereocenters. The van der Waals surface area contributed by atoms with Crippen molar-refractivity contribution in [3.63, 3.8) is 0 Å². The molecule has 4 heterocycles. The highest BCUT2D eigenvalue weighted by atomic mass is 16.7. The van der Waals surface area contributed by atoms with Crippen LogP contribution in [0.5, 0.6) is 0 Å². The first-order valence-corrected chi connectivity index (χ1v) is 9.49. The SMILES string of the molecule is O=C(c1ccnc(C(=O)N2CCCCC2)c1)N1CCC2(CC1)OCCO2. The lowest BCUT2D eigenvalue weighted by Crippen LogP contribution is -2.47. The molecule has 0 aromatic carbocycles. The number of rotatable bonds is 2. The normalized spacial score (nSPS) is 22.6. The van der Waals surface area contributed by atoms with E-state index in [1.54, 1.807) is 23.2 Å². The number of carbonyl (C=O) groups excluding carboxylic acids is 2. The quantitative estimate of drug-likeness (QED) is 0.803. The third-order valence-electron chi connectivity index (χ3n) is 5.50. The van der Waals surface area contributed by atoms with Gasteiger partial charge in [0.1, 0.15) is 5.69 Å². The zero-order chi connectivity index (χ0) is 18.0. The van der Waals surface area contributed by atoms with Crippen molar-refractivity contribution in [3.8, 4) is 0 Å². The minimum Gasteiger partial charge on any atom is -0.347 e. The molecule has 3 aliphatic rings. The largest absolute Gasteiger partial charge is 0.347 e. The molecule has 0 radical (unpaired) electrons. The van der Waals surface area contributed by atoms with Gasteiger partial charge in [0.25, 0.3) is 11.8 Å². The second-order valence-electron chi connectivity index (χ2n) is 7.18. The Hall–Kier alpha value is -1.99. The highest BCUT2D eigenvalue weighted by Crippen LogP contribution is 2.31. The van der Waals surface area contributed by atoms with E-state index in [4.69, 9.17) is 9.47 Å². The van der Waals surface area contributed by atoms with E-state index in [0.717, 1.165) is 25.9 Å². The minimum atomic E-state index is -0.496. The Kier molecular flexibility index (Phi) is 4.91. The van der Waals surface area contributed by atoms with Gasteiger partial charge in [-0.05, 0) is 31.4 Å². The number of piperidine rings is 2. The van der Waals surface area contributed by atoms with Crippen molar-refractivity contribution < 1.29 is 19.1 Å². The Bertz CT molecular complexity index is 671. The summed E-state index contributed by atoms with van der Waals surface area (Å²) in [6.07, 6.45) is 6.15. The lowest BCUT2D eigenvalue weighted by Gasteiger charge is -2.37. The van der Waals surface area contributed by atoms with E-state index in [9.17, 15) is 9.59 Å². The van der Waals surface area contributed by atoms with E-state index in [1.807, 2.05) is 4.90 Å². The Labute approximate surface area is 153 Å². The summed E-state index contributed by atoms with van der Waals surface area (Å²) in [5.74, 6) is -0.637. The maximum atomic E-state index is 12.8. The van der Waals surface area contributed by atoms with Crippen LogP contribution in [0.3, 0.4) is 0 Å². The van der Waals surface area contributed by atoms with Crippen LogP contribution in [0, 0.1) is 0 Å². The third-order valence-corrected chi connectivity index (χ3v) is 5.50. The average Bonchev–Trinajstić information content (AvgIpc) is 3.16. The number of hydrogen-bond donors (Lipinski definition) is 0. The van der Waals surface area contributed by atoms with E-state index in [1.165, 1.54) is 6.42 Å². The van der Waals surface area contributed by atoms with Crippen LogP contribution in [-0.2, 0) is 9.47 Å². The van der Waals surface area contributed by atoms with Crippen molar-refractivity contribution in [3.05, 3.63) is 29.6 Å². The van der Waals surface area contributed by atoms with Gasteiger partial charge in [0, 0.05) is 50.8 Å². The molecule has 0 N–H and O–H groups in total. The van der Waals surface area contributed by atoms with Gasteiger partial charge in [0.2, 0.25) is 0 Å². The Morgan fingerprint density at radius 3 is 2.27 bits per heavy atom. The van der Waals surface area contributed by atoms with Crippen molar-refractivity contribution in [2.24, 2.45) is 0 Å². The number of carbonyl (C=O) groups is 2.